The number of nitrogens with zero attached hydrogens (tertiary/aromatic N) is 2. The molecule has 1 saturated heterocycles. The Bertz CT molecular complexity index is 1000. The largest absolute Gasteiger partial charge is 0.342 e. The van der Waals surface area contributed by atoms with E-state index < -0.39 is 0 Å². The van der Waals surface area contributed by atoms with E-state index in [4.69, 9.17) is 0 Å². The van der Waals surface area contributed by atoms with Crippen LogP contribution in [0.5, 0.6) is 0 Å². The molecule has 0 saturated carbocycles. The summed E-state index contributed by atoms with van der Waals surface area (Å²) in [7, 11) is 1.51. The highest BCUT2D eigenvalue weighted by atomic mass is 32.2. The average molecular weight is 348 g/mol. The minimum absolute atomic E-state index is 0.232. The number of imide groups is 1. The molecule has 0 spiro atoms. The van der Waals surface area contributed by atoms with Crippen LogP contribution in [0.3, 0.4) is 0 Å². The first-order chi connectivity index (χ1) is 12.1. The van der Waals surface area contributed by atoms with Gasteiger partial charge in [0, 0.05) is 36.3 Å². The fourth-order valence-electron chi connectivity index (χ4n) is 2.99. The van der Waals surface area contributed by atoms with Crippen LogP contribution in [0.2, 0.25) is 0 Å². The first-order valence-corrected chi connectivity index (χ1v) is 8.78. The van der Waals surface area contributed by atoms with Gasteiger partial charge in [-0.05, 0) is 29.5 Å². The van der Waals surface area contributed by atoms with Crippen LogP contribution in [0.25, 0.3) is 17.0 Å². The Morgan fingerprint density at radius 3 is 2.44 bits per heavy atom. The third-order valence-electron chi connectivity index (χ3n) is 4.29. The van der Waals surface area contributed by atoms with Gasteiger partial charge in [0.2, 0.25) is 0 Å². The van der Waals surface area contributed by atoms with Gasteiger partial charge in [-0.25, -0.2) is 0 Å². The molecule has 2 heterocycles. The zero-order chi connectivity index (χ0) is 17.4. The minimum Gasteiger partial charge on any atom is -0.342 e. The molecule has 25 heavy (non-hydrogen) atoms. The van der Waals surface area contributed by atoms with E-state index in [0.29, 0.717) is 4.91 Å². The van der Waals surface area contributed by atoms with E-state index in [1.54, 1.807) is 0 Å². The van der Waals surface area contributed by atoms with Crippen molar-refractivity contribution in [3.05, 3.63) is 76.8 Å². The molecule has 5 heteroatoms. The van der Waals surface area contributed by atoms with Gasteiger partial charge in [-0.3, -0.25) is 14.5 Å². The zero-order valence-corrected chi connectivity index (χ0v) is 14.5. The Kier molecular flexibility index (Phi) is 3.93. The number of aromatic nitrogens is 1. The van der Waals surface area contributed by atoms with Crippen LogP contribution in [0.4, 0.5) is 4.79 Å². The molecule has 3 aromatic rings. The first kappa shape index (κ1) is 15.7. The molecule has 1 aromatic heterocycles. The highest BCUT2D eigenvalue weighted by Crippen LogP contribution is 2.33. The predicted molar refractivity (Wildman–Crippen MR) is 101 cm³/mol. The van der Waals surface area contributed by atoms with Gasteiger partial charge in [-0.1, -0.05) is 48.5 Å². The summed E-state index contributed by atoms with van der Waals surface area (Å²) in [6.45, 7) is 0.754. The van der Waals surface area contributed by atoms with Crippen LogP contribution in [-0.4, -0.2) is 27.7 Å². The van der Waals surface area contributed by atoms with Crippen molar-refractivity contribution in [3.8, 4) is 0 Å². The molecule has 0 bridgehead atoms. The number of carbonyl (C=O) groups is 2. The molecule has 0 unspecified atom stereocenters. The molecular formula is C20H16N2O2S. The van der Waals surface area contributed by atoms with Gasteiger partial charge in [0.1, 0.15) is 0 Å². The van der Waals surface area contributed by atoms with Crippen LogP contribution in [0.1, 0.15) is 11.1 Å². The molecule has 124 valence electrons. The maximum Gasteiger partial charge on any atom is 0.293 e. The molecule has 4 nitrogen and oxygen atoms in total. The molecule has 1 aliphatic rings. The number of para-hydroxylation sites is 1. The lowest BCUT2D eigenvalue weighted by Crippen LogP contribution is -2.22. The van der Waals surface area contributed by atoms with Crippen molar-refractivity contribution in [2.24, 2.45) is 0 Å². The third kappa shape index (κ3) is 2.87. The van der Waals surface area contributed by atoms with Crippen molar-refractivity contribution in [3.63, 3.8) is 0 Å². The maximum absolute atomic E-state index is 12.2. The van der Waals surface area contributed by atoms with Crippen LogP contribution in [0, 0.1) is 0 Å². The normalized spacial score (nSPS) is 16.4. The van der Waals surface area contributed by atoms with Crippen molar-refractivity contribution in [2.45, 2.75) is 6.54 Å². The molecule has 0 N–H and O–H groups in total. The number of amides is 2. The average Bonchev–Trinajstić information content (AvgIpc) is 3.09. The van der Waals surface area contributed by atoms with Gasteiger partial charge in [-0.2, -0.15) is 0 Å². The second-order valence-electron chi connectivity index (χ2n) is 5.96. The number of benzene rings is 2. The smallest absolute Gasteiger partial charge is 0.293 e. The second kappa shape index (κ2) is 6.26. The zero-order valence-electron chi connectivity index (χ0n) is 13.7. The van der Waals surface area contributed by atoms with Crippen molar-refractivity contribution in [1.82, 2.24) is 9.47 Å². The molecular weight excluding hydrogens is 332 g/mol. The van der Waals surface area contributed by atoms with Crippen LogP contribution >= 0.6 is 11.8 Å². The molecule has 2 aromatic carbocycles. The number of fused-ring (bicyclic) bond motifs is 1. The van der Waals surface area contributed by atoms with E-state index in [1.807, 2.05) is 48.7 Å². The van der Waals surface area contributed by atoms with Crippen molar-refractivity contribution >= 4 is 39.9 Å². The van der Waals surface area contributed by atoms with Crippen molar-refractivity contribution in [1.29, 1.82) is 0 Å². The van der Waals surface area contributed by atoms with Crippen molar-refractivity contribution < 1.29 is 9.59 Å². The van der Waals surface area contributed by atoms with E-state index in [1.165, 1.54) is 12.6 Å². The number of rotatable bonds is 3. The minimum atomic E-state index is -0.241. The number of carbonyl (C=O) groups excluding carboxylic acids is 2. The highest BCUT2D eigenvalue weighted by Gasteiger charge is 2.32. The van der Waals surface area contributed by atoms with Crippen LogP contribution < -0.4 is 0 Å². The van der Waals surface area contributed by atoms with E-state index >= 15 is 0 Å². The molecule has 2 amide bonds. The van der Waals surface area contributed by atoms with E-state index in [0.717, 1.165) is 39.7 Å². The Morgan fingerprint density at radius 2 is 1.72 bits per heavy atom. The SMILES string of the molecule is CN1C(=O)S/C(=C\c2cn(Cc3ccccc3)c3ccccc23)C1=O. The van der Waals surface area contributed by atoms with E-state index in [2.05, 4.69) is 22.8 Å². The van der Waals surface area contributed by atoms with Crippen molar-refractivity contribution in [2.75, 3.05) is 7.05 Å². The molecule has 1 fully saturated rings. The molecule has 0 atom stereocenters. The number of likely N-dealkylation sites (N-methyl/N-ethyl adjacent to an activating group) is 1. The first-order valence-electron chi connectivity index (χ1n) is 7.97. The summed E-state index contributed by atoms with van der Waals surface area (Å²) in [6, 6.07) is 18.3. The van der Waals surface area contributed by atoms with Gasteiger partial charge in [0.25, 0.3) is 11.1 Å². The van der Waals surface area contributed by atoms with Gasteiger partial charge >= 0.3 is 0 Å². The summed E-state index contributed by atoms with van der Waals surface area (Å²) >= 11 is 0.988. The van der Waals surface area contributed by atoms with Crippen LogP contribution in [-0.2, 0) is 11.3 Å². The van der Waals surface area contributed by atoms with Crippen LogP contribution in [0.15, 0.2) is 65.7 Å². The van der Waals surface area contributed by atoms with Gasteiger partial charge < -0.3 is 4.57 Å². The standard InChI is InChI=1S/C20H16N2O2S/c1-21-19(23)18(25-20(21)24)11-15-13-22(12-14-7-3-2-4-8-14)17-10-6-5-9-16(15)17/h2-11,13H,12H2,1H3/b18-11-. The summed E-state index contributed by atoms with van der Waals surface area (Å²) in [5, 5.41) is 0.839. The van der Waals surface area contributed by atoms with E-state index in [-0.39, 0.29) is 11.1 Å². The topological polar surface area (TPSA) is 42.3 Å². The number of hydrogen-bond donors (Lipinski definition) is 0. The summed E-state index contributed by atoms with van der Waals surface area (Å²) in [5.74, 6) is -0.241. The second-order valence-corrected chi connectivity index (χ2v) is 6.95. The third-order valence-corrected chi connectivity index (χ3v) is 5.25. The van der Waals surface area contributed by atoms with Gasteiger partial charge in [0.15, 0.2) is 0 Å². The lowest BCUT2D eigenvalue weighted by atomic mass is 10.1. The Hall–Kier alpha value is -2.79. The Labute approximate surface area is 149 Å². The number of thioether (sulfide) groups is 1. The molecule has 0 radical (unpaired) electrons. The van der Waals surface area contributed by atoms with Gasteiger partial charge in [-0.15, -0.1) is 0 Å². The summed E-state index contributed by atoms with van der Waals surface area (Å²) in [5.41, 5.74) is 3.27. The lowest BCUT2D eigenvalue weighted by Gasteiger charge is -2.05. The molecule has 0 aliphatic carbocycles. The summed E-state index contributed by atoms with van der Waals surface area (Å²) < 4.78 is 2.17. The monoisotopic (exact) mass is 348 g/mol. The maximum atomic E-state index is 12.2. The molecule has 4 rings (SSSR count). The summed E-state index contributed by atoms with van der Waals surface area (Å²) in [4.78, 5) is 25.5. The Balaban J connectivity index is 1.78. The predicted octanol–water partition coefficient (Wildman–Crippen LogP) is 4.36. The fraction of sp³-hybridized carbons (Fsp3) is 0.100. The van der Waals surface area contributed by atoms with E-state index in [9.17, 15) is 9.59 Å². The highest BCUT2D eigenvalue weighted by molar-refractivity contribution is 8.18. The Morgan fingerprint density at radius 1 is 1.00 bits per heavy atom. The molecule has 1 aliphatic heterocycles. The lowest BCUT2D eigenvalue weighted by molar-refractivity contribution is -0.121. The summed E-state index contributed by atoms with van der Waals surface area (Å²) in [6.07, 6.45) is 3.86. The fourth-order valence-corrected chi connectivity index (χ4v) is 3.81. The quantitative estimate of drug-likeness (QED) is 0.661. The number of hydrogen-bond acceptors (Lipinski definition) is 3. The van der Waals surface area contributed by atoms with Gasteiger partial charge in [0.05, 0.1) is 4.91 Å².